The van der Waals surface area contributed by atoms with Gasteiger partial charge in [0.2, 0.25) is 15.6 Å². The maximum absolute atomic E-state index is 12.4. The molecule has 0 aliphatic heterocycles. The second kappa shape index (κ2) is 8.87. The van der Waals surface area contributed by atoms with Crippen LogP contribution < -0.4 is 15.0 Å². The maximum atomic E-state index is 12.4. The number of fused-ring (bicyclic) bond motifs is 1. The van der Waals surface area contributed by atoms with Crippen molar-refractivity contribution < 1.29 is 13.2 Å². The van der Waals surface area contributed by atoms with Crippen molar-refractivity contribution in [2.24, 2.45) is 14.1 Å². The van der Waals surface area contributed by atoms with E-state index in [2.05, 4.69) is 14.7 Å². The summed E-state index contributed by atoms with van der Waals surface area (Å²) < 4.78 is 36.5. The molecule has 33 heavy (non-hydrogen) atoms. The third-order valence-electron chi connectivity index (χ3n) is 4.96. The van der Waals surface area contributed by atoms with Crippen LogP contribution in [0.2, 0.25) is 5.02 Å². The number of benzene rings is 1. The summed E-state index contributed by atoms with van der Waals surface area (Å²) in [6.07, 6.45) is 3.92. The first kappa shape index (κ1) is 22.8. The minimum atomic E-state index is -3.61. The van der Waals surface area contributed by atoms with E-state index in [-0.39, 0.29) is 23.1 Å². The lowest BCUT2D eigenvalue weighted by Crippen LogP contribution is -2.17. The quantitative estimate of drug-likeness (QED) is 0.423. The van der Waals surface area contributed by atoms with Crippen molar-refractivity contribution in [2.45, 2.75) is 13.3 Å². The minimum absolute atomic E-state index is 0.0486. The second-order valence-corrected chi connectivity index (χ2v) is 9.80. The van der Waals surface area contributed by atoms with E-state index in [0.717, 1.165) is 10.9 Å². The summed E-state index contributed by atoms with van der Waals surface area (Å²) in [6.45, 7) is 1.77. The zero-order valence-electron chi connectivity index (χ0n) is 18.2. The molecule has 0 spiro atoms. The number of sulfonamides is 1. The van der Waals surface area contributed by atoms with E-state index in [4.69, 9.17) is 16.3 Å². The number of pyridine rings is 1. The molecule has 4 rings (SSSR count). The van der Waals surface area contributed by atoms with E-state index in [1.807, 2.05) is 29.9 Å². The molecule has 11 heteroatoms. The number of aromatic nitrogens is 4. The van der Waals surface area contributed by atoms with E-state index in [1.165, 1.54) is 16.7 Å². The molecule has 3 aromatic heterocycles. The van der Waals surface area contributed by atoms with Crippen LogP contribution in [-0.4, -0.2) is 33.3 Å². The average Bonchev–Trinajstić information content (AvgIpc) is 3.12. The van der Waals surface area contributed by atoms with Crippen LogP contribution in [0.15, 0.2) is 53.6 Å². The van der Waals surface area contributed by atoms with Crippen molar-refractivity contribution in [3.05, 3.63) is 64.2 Å². The van der Waals surface area contributed by atoms with Crippen molar-refractivity contribution in [1.82, 2.24) is 19.1 Å². The fourth-order valence-electron chi connectivity index (χ4n) is 3.41. The number of nitrogens with zero attached hydrogens (tertiary/aromatic N) is 4. The summed E-state index contributed by atoms with van der Waals surface area (Å²) in [7, 11) is -0.135. The number of nitrogens with one attached hydrogen (secondary N) is 1. The summed E-state index contributed by atoms with van der Waals surface area (Å²) in [4.78, 5) is 20.5. The number of halogens is 1. The Kier molecular flexibility index (Phi) is 6.13. The van der Waals surface area contributed by atoms with Crippen LogP contribution in [0.5, 0.6) is 11.8 Å². The molecule has 0 aliphatic carbocycles. The van der Waals surface area contributed by atoms with E-state index >= 15 is 0 Å². The lowest BCUT2D eigenvalue weighted by Gasteiger charge is -2.13. The third kappa shape index (κ3) is 4.86. The van der Waals surface area contributed by atoms with Gasteiger partial charge in [0.15, 0.2) is 5.75 Å². The Morgan fingerprint density at radius 1 is 1.09 bits per heavy atom. The zero-order valence-corrected chi connectivity index (χ0v) is 19.8. The molecule has 0 aliphatic rings. The molecule has 0 saturated carbocycles. The zero-order chi connectivity index (χ0) is 23.8. The Morgan fingerprint density at radius 2 is 1.88 bits per heavy atom. The molecule has 0 fully saturated rings. The Morgan fingerprint density at radius 3 is 2.61 bits per heavy atom. The molecule has 0 radical (unpaired) electrons. The Bertz CT molecular complexity index is 1510. The lowest BCUT2D eigenvalue weighted by molar-refractivity contribution is 0.446. The van der Waals surface area contributed by atoms with Crippen LogP contribution in [0.3, 0.4) is 0 Å². The number of ether oxygens (including phenoxy) is 1. The maximum Gasteiger partial charge on any atom is 0.324 e. The molecule has 1 aromatic carbocycles. The minimum Gasteiger partial charge on any atom is -0.420 e. The topological polar surface area (TPSA) is 108 Å². The molecular formula is C22H22ClN5O4S. The number of anilines is 1. The SMILES string of the molecule is CCCS(=O)(=O)Nc1cc(-c2ccc(=O)n(C)c2)nc(Oc2c(Cl)ccc3ccn(C)c23)n1. The van der Waals surface area contributed by atoms with Gasteiger partial charge in [-0.2, -0.15) is 9.97 Å². The van der Waals surface area contributed by atoms with Gasteiger partial charge in [0.25, 0.3) is 0 Å². The molecule has 1 N–H and O–H groups in total. The number of rotatable bonds is 7. The summed E-state index contributed by atoms with van der Waals surface area (Å²) in [5, 5.41) is 1.27. The van der Waals surface area contributed by atoms with Crippen molar-refractivity contribution in [2.75, 3.05) is 10.5 Å². The smallest absolute Gasteiger partial charge is 0.324 e. The molecular weight excluding hydrogens is 466 g/mol. The standard InChI is InChI=1S/C22H22ClN5O4S/c1-4-11-33(30,31)26-18-12-17(15-6-8-19(29)28(3)13-15)24-22(25-18)32-21-16(23)7-5-14-9-10-27(2)20(14)21/h5-10,12-13H,4,11H2,1-3H3,(H,24,25,26). The first-order chi connectivity index (χ1) is 15.7. The molecule has 0 atom stereocenters. The van der Waals surface area contributed by atoms with Crippen LogP contribution >= 0.6 is 11.6 Å². The van der Waals surface area contributed by atoms with Crippen molar-refractivity contribution in [3.8, 4) is 23.0 Å². The normalized spacial score (nSPS) is 11.6. The Hall–Kier alpha value is -3.37. The molecule has 3 heterocycles. The fraction of sp³-hybridized carbons (Fsp3) is 0.227. The highest BCUT2D eigenvalue weighted by atomic mass is 35.5. The van der Waals surface area contributed by atoms with Gasteiger partial charge < -0.3 is 13.9 Å². The van der Waals surface area contributed by atoms with Gasteiger partial charge >= 0.3 is 6.01 Å². The van der Waals surface area contributed by atoms with E-state index in [0.29, 0.717) is 28.5 Å². The number of aryl methyl sites for hydroxylation is 2. The first-order valence-corrected chi connectivity index (χ1v) is 12.2. The van der Waals surface area contributed by atoms with Crippen molar-refractivity contribution in [1.29, 1.82) is 0 Å². The van der Waals surface area contributed by atoms with Gasteiger partial charge in [-0.25, -0.2) is 8.42 Å². The van der Waals surface area contributed by atoms with Crippen LogP contribution in [0.1, 0.15) is 13.3 Å². The predicted molar refractivity (Wildman–Crippen MR) is 128 cm³/mol. The molecule has 0 amide bonds. The van der Waals surface area contributed by atoms with Crippen LogP contribution in [0, 0.1) is 0 Å². The number of hydrogen-bond acceptors (Lipinski definition) is 6. The summed E-state index contributed by atoms with van der Waals surface area (Å²) >= 11 is 6.42. The molecule has 9 nitrogen and oxygen atoms in total. The van der Waals surface area contributed by atoms with E-state index in [9.17, 15) is 13.2 Å². The highest BCUT2D eigenvalue weighted by molar-refractivity contribution is 7.92. The fourth-order valence-corrected chi connectivity index (χ4v) is 4.66. The largest absolute Gasteiger partial charge is 0.420 e. The van der Waals surface area contributed by atoms with Gasteiger partial charge in [-0.15, -0.1) is 0 Å². The average molecular weight is 488 g/mol. The van der Waals surface area contributed by atoms with Crippen LogP contribution in [-0.2, 0) is 24.1 Å². The molecule has 0 bridgehead atoms. The summed E-state index contributed by atoms with van der Waals surface area (Å²) in [5.41, 5.74) is 1.52. The lowest BCUT2D eigenvalue weighted by atomic mass is 10.2. The predicted octanol–water partition coefficient (Wildman–Crippen LogP) is 3.93. The van der Waals surface area contributed by atoms with Crippen LogP contribution in [0.4, 0.5) is 5.82 Å². The molecule has 0 unspecified atom stereocenters. The highest BCUT2D eigenvalue weighted by Gasteiger charge is 2.17. The number of hydrogen-bond donors (Lipinski definition) is 1. The Balaban J connectivity index is 1.84. The first-order valence-electron chi connectivity index (χ1n) is 10.1. The van der Waals surface area contributed by atoms with Crippen molar-refractivity contribution >= 4 is 38.3 Å². The van der Waals surface area contributed by atoms with Gasteiger partial charge in [0.05, 0.1) is 22.0 Å². The monoisotopic (exact) mass is 487 g/mol. The third-order valence-corrected chi connectivity index (χ3v) is 6.72. The summed E-state index contributed by atoms with van der Waals surface area (Å²) in [5.74, 6) is 0.339. The van der Waals surface area contributed by atoms with Crippen molar-refractivity contribution in [3.63, 3.8) is 0 Å². The van der Waals surface area contributed by atoms with Gasteiger partial charge in [-0.05, 0) is 24.6 Å². The van der Waals surface area contributed by atoms with Crippen LogP contribution in [0.25, 0.3) is 22.2 Å². The highest BCUT2D eigenvalue weighted by Crippen LogP contribution is 2.37. The van der Waals surface area contributed by atoms with Gasteiger partial charge in [-0.3, -0.25) is 9.52 Å². The summed E-state index contributed by atoms with van der Waals surface area (Å²) in [6, 6.07) is 9.91. The van der Waals surface area contributed by atoms with Gasteiger partial charge in [0.1, 0.15) is 5.82 Å². The van der Waals surface area contributed by atoms with Gasteiger partial charge in [0, 0.05) is 49.6 Å². The Labute approximate surface area is 195 Å². The molecule has 172 valence electrons. The van der Waals surface area contributed by atoms with Gasteiger partial charge in [-0.1, -0.05) is 24.6 Å². The van der Waals surface area contributed by atoms with E-state index < -0.39 is 10.0 Å². The molecule has 0 saturated heterocycles. The van der Waals surface area contributed by atoms with E-state index in [1.54, 1.807) is 32.3 Å². The molecule has 4 aromatic rings. The second-order valence-electron chi connectivity index (χ2n) is 7.55.